The number of aromatic nitrogens is 1. The number of nitrogens with one attached hydrogen (secondary N) is 1. The molecule has 2 heterocycles. The highest BCUT2D eigenvalue weighted by atomic mass is 32.2. The Morgan fingerprint density at radius 3 is 2.78 bits per heavy atom. The molecule has 1 aromatic heterocycles. The summed E-state index contributed by atoms with van der Waals surface area (Å²) in [6.45, 7) is 3.85. The Morgan fingerprint density at radius 2 is 2.07 bits per heavy atom. The van der Waals surface area contributed by atoms with Crippen molar-refractivity contribution in [3.05, 3.63) is 53.1 Å². The molecule has 0 fully saturated rings. The number of nitrogens with zero attached hydrogens (tertiary/aromatic N) is 2. The maximum absolute atomic E-state index is 12.7. The van der Waals surface area contributed by atoms with E-state index in [0.29, 0.717) is 22.8 Å². The molecule has 1 aliphatic rings. The number of benzene rings is 2. The predicted octanol–water partition coefficient (Wildman–Crippen LogP) is 3.57. The molecule has 0 spiro atoms. The minimum atomic E-state index is -3.34. The van der Waals surface area contributed by atoms with Gasteiger partial charge in [0.1, 0.15) is 0 Å². The predicted molar refractivity (Wildman–Crippen MR) is 109 cm³/mol. The highest BCUT2D eigenvalue weighted by Gasteiger charge is 2.32. The summed E-state index contributed by atoms with van der Waals surface area (Å²) in [5, 5.41) is 3.41. The Labute approximate surface area is 161 Å². The molecule has 2 aromatic carbocycles. The number of carbonyl (C=O) groups is 1. The minimum Gasteiger partial charge on any atom is -0.298 e. The van der Waals surface area contributed by atoms with Crippen LogP contribution >= 0.6 is 11.3 Å². The lowest BCUT2D eigenvalue weighted by Gasteiger charge is -2.21. The van der Waals surface area contributed by atoms with Gasteiger partial charge in [-0.2, -0.15) is 0 Å². The zero-order valence-corrected chi connectivity index (χ0v) is 16.8. The molecule has 0 aliphatic carbocycles. The Morgan fingerprint density at radius 1 is 1.30 bits per heavy atom. The first-order valence-electron chi connectivity index (χ1n) is 8.54. The van der Waals surface area contributed by atoms with Gasteiger partial charge in [-0.15, -0.1) is 0 Å². The number of rotatable bonds is 3. The second kappa shape index (κ2) is 6.31. The van der Waals surface area contributed by atoms with E-state index in [1.807, 2.05) is 32.0 Å². The van der Waals surface area contributed by atoms with Crippen LogP contribution in [-0.2, 0) is 16.4 Å². The number of thiazole rings is 1. The first kappa shape index (κ1) is 17.9. The molecule has 0 radical (unpaired) electrons. The molecule has 0 saturated carbocycles. The first-order valence-corrected chi connectivity index (χ1v) is 11.2. The molecular weight excluding hydrogens is 382 g/mol. The van der Waals surface area contributed by atoms with Gasteiger partial charge < -0.3 is 0 Å². The molecule has 3 aromatic rings. The highest BCUT2D eigenvalue weighted by molar-refractivity contribution is 7.92. The molecule has 6 nitrogen and oxygen atoms in total. The number of anilines is 2. The summed E-state index contributed by atoms with van der Waals surface area (Å²) in [5.74, 6) is -0.250. The third-order valence-electron chi connectivity index (χ3n) is 4.69. The summed E-state index contributed by atoms with van der Waals surface area (Å²) in [6, 6.07) is 10.9. The minimum absolute atomic E-state index is 0.152. The molecule has 1 amide bonds. The van der Waals surface area contributed by atoms with Gasteiger partial charge in [0.15, 0.2) is 5.13 Å². The van der Waals surface area contributed by atoms with Gasteiger partial charge in [0.2, 0.25) is 10.0 Å². The number of sulfonamides is 1. The van der Waals surface area contributed by atoms with E-state index in [9.17, 15) is 13.2 Å². The first-order chi connectivity index (χ1) is 12.7. The third-order valence-corrected chi connectivity index (χ3v) is 6.90. The third kappa shape index (κ3) is 3.19. The lowest BCUT2D eigenvalue weighted by Crippen LogP contribution is -2.34. The maximum Gasteiger partial charge on any atom is 0.257 e. The summed E-state index contributed by atoms with van der Waals surface area (Å²) in [7, 11) is -3.34. The van der Waals surface area contributed by atoms with Crippen LogP contribution in [-0.4, -0.2) is 31.6 Å². The fourth-order valence-electron chi connectivity index (χ4n) is 3.56. The average Bonchev–Trinajstić information content (AvgIpc) is 3.13. The fourth-order valence-corrected chi connectivity index (χ4v) is 5.76. The molecule has 0 bridgehead atoms. The Balaban J connectivity index is 1.62. The molecule has 0 unspecified atom stereocenters. The summed E-state index contributed by atoms with van der Waals surface area (Å²) < 4.78 is 26.5. The maximum atomic E-state index is 12.7. The zero-order valence-electron chi connectivity index (χ0n) is 15.2. The lowest BCUT2D eigenvalue weighted by molar-refractivity contribution is 0.102. The molecular formula is C19H19N3O3S2. The van der Waals surface area contributed by atoms with Crippen LogP contribution < -0.4 is 9.62 Å². The smallest absolute Gasteiger partial charge is 0.257 e. The molecule has 8 heteroatoms. The van der Waals surface area contributed by atoms with Crippen molar-refractivity contribution >= 4 is 48.3 Å². The van der Waals surface area contributed by atoms with E-state index in [0.717, 1.165) is 21.3 Å². The molecule has 1 atom stereocenters. The van der Waals surface area contributed by atoms with Crippen molar-refractivity contribution in [2.75, 3.05) is 15.9 Å². The van der Waals surface area contributed by atoms with Crippen molar-refractivity contribution in [2.24, 2.45) is 0 Å². The fraction of sp³-hybridized carbons (Fsp3) is 0.263. The van der Waals surface area contributed by atoms with Gasteiger partial charge in [0.05, 0.1) is 22.2 Å². The van der Waals surface area contributed by atoms with E-state index >= 15 is 0 Å². The van der Waals surface area contributed by atoms with Crippen molar-refractivity contribution < 1.29 is 13.2 Å². The largest absolute Gasteiger partial charge is 0.298 e. The van der Waals surface area contributed by atoms with Crippen LogP contribution in [0.15, 0.2) is 36.4 Å². The highest BCUT2D eigenvalue weighted by Crippen LogP contribution is 2.35. The molecule has 140 valence electrons. The average molecular weight is 402 g/mol. The van der Waals surface area contributed by atoms with Crippen LogP contribution in [0.4, 0.5) is 10.8 Å². The molecule has 1 aliphatic heterocycles. The van der Waals surface area contributed by atoms with Crippen LogP contribution in [0.3, 0.4) is 0 Å². The van der Waals surface area contributed by atoms with Gasteiger partial charge in [-0.25, -0.2) is 13.4 Å². The van der Waals surface area contributed by atoms with Crippen molar-refractivity contribution in [1.82, 2.24) is 4.98 Å². The van der Waals surface area contributed by atoms with Crippen LogP contribution in [0.25, 0.3) is 10.2 Å². The number of hydrogen-bond donors (Lipinski definition) is 1. The van der Waals surface area contributed by atoms with E-state index in [1.165, 1.54) is 21.9 Å². The molecule has 1 N–H and O–H groups in total. The number of aryl methyl sites for hydroxylation is 1. The molecule has 27 heavy (non-hydrogen) atoms. The van der Waals surface area contributed by atoms with E-state index in [-0.39, 0.29) is 11.9 Å². The van der Waals surface area contributed by atoms with E-state index < -0.39 is 10.0 Å². The quantitative estimate of drug-likeness (QED) is 0.728. The van der Waals surface area contributed by atoms with E-state index in [2.05, 4.69) is 10.3 Å². The SMILES string of the molecule is Cc1cccc2sc(NC(=O)c3ccc4c(c3)C[C@@H](C)N4S(C)(=O)=O)nc12. The normalized spacial score (nSPS) is 16.6. The monoisotopic (exact) mass is 401 g/mol. The van der Waals surface area contributed by atoms with Gasteiger partial charge >= 0.3 is 0 Å². The van der Waals surface area contributed by atoms with Gasteiger partial charge in [-0.1, -0.05) is 23.5 Å². The van der Waals surface area contributed by atoms with Gasteiger partial charge in [-0.3, -0.25) is 14.4 Å². The van der Waals surface area contributed by atoms with Crippen LogP contribution in [0, 0.1) is 6.92 Å². The summed E-state index contributed by atoms with van der Waals surface area (Å²) in [6.07, 6.45) is 1.79. The Hall–Kier alpha value is -2.45. The Kier molecular flexibility index (Phi) is 4.20. The number of carbonyl (C=O) groups excluding carboxylic acids is 1. The second-order valence-corrected chi connectivity index (χ2v) is 9.74. The van der Waals surface area contributed by atoms with Crippen LogP contribution in [0.5, 0.6) is 0 Å². The summed E-state index contributed by atoms with van der Waals surface area (Å²) in [4.78, 5) is 17.2. The summed E-state index contributed by atoms with van der Waals surface area (Å²) in [5.41, 5.74) is 3.96. The van der Waals surface area contributed by atoms with Crippen LogP contribution in [0.1, 0.15) is 28.4 Å². The number of hydrogen-bond acceptors (Lipinski definition) is 5. The number of para-hydroxylation sites is 1. The van der Waals surface area contributed by atoms with Gasteiger partial charge in [0.25, 0.3) is 5.91 Å². The lowest BCUT2D eigenvalue weighted by atomic mass is 10.1. The molecule has 4 rings (SSSR count). The standard InChI is InChI=1S/C19H19N3O3S2/c1-11-5-4-6-16-17(11)20-19(26-16)21-18(23)13-7-8-15-14(10-13)9-12(2)22(15)27(3,24)25/h4-8,10,12H,9H2,1-3H3,(H,20,21,23)/t12-/m1/s1. The van der Waals surface area contributed by atoms with Crippen LogP contribution in [0.2, 0.25) is 0 Å². The van der Waals surface area contributed by atoms with E-state index in [4.69, 9.17) is 0 Å². The second-order valence-electron chi connectivity index (χ2n) is 6.85. The summed E-state index contributed by atoms with van der Waals surface area (Å²) >= 11 is 1.43. The van der Waals surface area contributed by atoms with Gasteiger partial charge in [0, 0.05) is 11.6 Å². The topological polar surface area (TPSA) is 79.4 Å². The van der Waals surface area contributed by atoms with Gasteiger partial charge in [-0.05, 0) is 55.7 Å². The number of amides is 1. The van der Waals surface area contributed by atoms with Crippen molar-refractivity contribution in [3.63, 3.8) is 0 Å². The Bertz CT molecular complexity index is 1170. The number of fused-ring (bicyclic) bond motifs is 2. The van der Waals surface area contributed by atoms with Crippen molar-refractivity contribution in [3.8, 4) is 0 Å². The van der Waals surface area contributed by atoms with Crippen molar-refractivity contribution in [1.29, 1.82) is 0 Å². The zero-order chi connectivity index (χ0) is 19.3. The van der Waals surface area contributed by atoms with E-state index in [1.54, 1.807) is 18.2 Å². The van der Waals surface area contributed by atoms with Crippen molar-refractivity contribution in [2.45, 2.75) is 26.3 Å². The molecule has 0 saturated heterocycles.